The molecule has 8 heteroatoms. The monoisotopic (exact) mass is 414 g/mol. The lowest BCUT2D eigenvalue weighted by Crippen LogP contribution is -2.34. The second-order valence-corrected chi connectivity index (χ2v) is 6.94. The number of urea groups is 1. The molecule has 1 heterocycles. The van der Waals surface area contributed by atoms with Gasteiger partial charge in [0, 0.05) is 36.2 Å². The topological polar surface area (TPSA) is 77.4 Å². The van der Waals surface area contributed by atoms with Crippen molar-refractivity contribution in [3.63, 3.8) is 0 Å². The Hall–Kier alpha value is -3.19. The molecule has 3 rings (SSSR count). The highest BCUT2D eigenvalue weighted by atomic mass is 35.5. The molecule has 0 saturated heterocycles. The van der Waals surface area contributed by atoms with Gasteiger partial charge in [0.1, 0.15) is 23.4 Å². The van der Waals surface area contributed by atoms with Gasteiger partial charge in [-0.1, -0.05) is 17.7 Å². The number of carbonyl (C=O) groups excluding carboxylic acids is 1. The number of aromatic nitrogens is 2. The van der Waals surface area contributed by atoms with Crippen molar-refractivity contribution >= 4 is 23.3 Å². The van der Waals surface area contributed by atoms with Crippen LogP contribution in [0.25, 0.3) is 0 Å². The van der Waals surface area contributed by atoms with Crippen LogP contribution in [0, 0.1) is 6.92 Å². The van der Waals surface area contributed by atoms with Gasteiger partial charge in [-0.05, 0) is 42.3 Å². The predicted octanol–water partition coefficient (Wildman–Crippen LogP) is 4.31. The molecule has 1 atom stereocenters. The highest BCUT2D eigenvalue weighted by molar-refractivity contribution is 6.31. The number of ether oxygens (including phenoxy) is 2. The number of carbonyl (C=O) groups is 1. The summed E-state index contributed by atoms with van der Waals surface area (Å²) in [7, 11) is 5.03. The predicted molar refractivity (Wildman–Crippen MR) is 113 cm³/mol. The normalized spacial score (nSPS) is 11.6. The lowest BCUT2D eigenvalue weighted by Gasteiger charge is -2.21. The van der Waals surface area contributed by atoms with Gasteiger partial charge in [-0.15, -0.1) is 0 Å². The van der Waals surface area contributed by atoms with E-state index in [-0.39, 0.29) is 6.03 Å². The van der Waals surface area contributed by atoms with E-state index in [4.69, 9.17) is 21.1 Å². The minimum absolute atomic E-state index is 0.389. The number of nitrogens with one attached hydrogen (secondary N) is 2. The zero-order chi connectivity index (χ0) is 21.0. The zero-order valence-electron chi connectivity index (χ0n) is 16.7. The maximum Gasteiger partial charge on any atom is 0.320 e. The van der Waals surface area contributed by atoms with Gasteiger partial charge < -0.3 is 24.7 Å². The molecular weight excluding hydrogens is 392 g/mol. The molecule has 2 N–H and O–H groups in total. The Kier molecular flexibility index (Phi) is 6.29. The van der Waals surface area contributed by atoms with Crippen molar-refractivity contribution in [3.8, 4) is 11.5 Å². The summed E-state index contributed by atoms with van der Waals surface area (Å²) in [6.07, 6.45) is 3.50. The molecule has 2 aromatic carbocycles. The second kappa shape index (κ2) is 8.87. The number of hydrogen-bond acceptors (Lipinski definition) is 4. The van der Waals surface area contributed by atoms with E-state index < -0.39 is 6.04 Å². The van der Waals surface area contributed by atoms with Crippen LogP contribution in [-0.2, 0) is 7.05 Å². The third-order valence-corrected chi connectivity index (χ3v) is 4.94. The van der Waals surface area contributed by atoms with Crippen LogP contribution < -0.4 is 20.1 Å². The smallest absolute Gasteiger partial charge is 0.320 e. The zero-order valence-corrected chi connectivity index (χ0v) is 17.4. The molecule has 0 fully saturated rings. The molecule has 0 bridgehead atoms. The molecule has 0 aliphatic heterocycles. The van der Waals surface area contributed by atoms with Gasteiger partial charge >= 0.3 is 6.03 Å². The fraction of sp³-hybridized carbons (Fsp3) is 0.238. The average molecular weight is 415 g/mol. The second-order valence-electron chi connectivity index (χ2n) is 6.54. The highest BCUT2D eigenvalue weighted by Gasteiger charge is 2.22. The summed E-state index contributed by atoms with van der Waals surface area (Å²) in [6, 6.07) is 9.88. The van der Waals surface area contributed by atoms with Crippen LogP contribution in [0.5, 0.6) is 11.5 Å². The third kappa shape index (κ3) is 4.81. The van der Waals surface area contributed by atoms with E-state index in [1.165, 1.54) is 0 Å². The number of nitrogens with zero attached hydrogens (tertiary/aromatic N) is 2. The highest BCUT2D eigenvalue weighted by Crippen LogP contribution is 2.29. The summed E-state index contributed by atoms with van der Waals surface area (Å²) >= 11 is 6.15. The molecule has 0 spiro atoms. The molecule has 0 aliphatic rings. The molecule has 152 valence electrons. The van der Waals surface area contributed by atoms with Crippen molar-refractivity contribution in [1.29, 1.82) is 0 Å². The summed E-state index contributed by atoms with van der Waals surface area (Å²) in [6.45, 7) is 1.90. The number of methoxy groups -OCH3 is 2. The molecular formula is C21H23ClN4O3. The van der Waals surface area contributed by atoms with Crippen LogP contribution in [0.15, 0.2) is 48.8 Å². The Labute approximate surface area is 174 Å². The van der Waals surface area contributed by atoms with Gasteiger partial charge in [-0.25, -0.2) is 9.78 Å². The Morgan fingerprint density at radius 1 is 1.14 bits per heavy atom. The Balaban J connectivity index is 1.91. The Morgan fingerprint density at radius 3 is 2.38 bits per heavy atom. The van der Waals surface area contributed by atoms with Crippen molar-refractivity contribution in [2.45, 2.75) is 13.0 Å². The first-order valence-corrected chi connectivity index (χ1v) is 9.33. The summed E-state index contributed by atoms with van der Waals surface area (Å²) in [4.78, 5) is 17.2. The van der Waals surface area contributed by atoms with Gasteiger partial charge in [-0.2, -0.15) is 0 Å². The molecule has 0 radical (unpaired) electrons. The van der Waals surface area contributed by atoms with E-state index in [1.807, 2.05) is 42.9 Å². The van der Waals surface area contributed by atoms with Crippen LogP contribution >= 0.6 is 11.6 Å². The number of aryl methyl sites for hydroxylation is 2. The number of imidazole rings is 1. The fourth-order valence-electron chi connectivity index (χ4n) is 2.92. The largest absolute Gasteiger partial charge is 0.497 e. The standard InChI is InChI=1S/C21H23ClN4O3/c1-13-5-6-15(11-18(13)22)24-21(27)25-19(20-23-7-8-26(20)2)14-9-16(28-3)12-17(10-14)29-4/h5-12,19H,1-4H3,(H2,24,25,27). The number of amides is 2. The van der Waals surface area contributed by atoms with Crippen LogP contribution in [-0.4, -0.2) is 29.8 Å². The maximum atomic E-state index is 12.7. The first-order valence-electron chi connectivity index (χ1n) is 8.95. The van der Waals surface area contributed by atoms with Crippen LogP contribution in [0.3, 0.4) is 0 Å². The van der Waals surface area contributed by atoms with Gasteiger partial charge in [-0.3, -0.25) is 0 Å². The number of rotatable bonds is 6. The van der Waals surface area contributed by atoms with Gasteiger partial charge in [0.2, 0.25) is 0 Å². The molecule has 1 unspecified atom stereocenters. The van der Waals surface area contributed by atoms with E-state index in [0.29, 0.717) is 28.0 Å². The van der Waals surface area contributed by atoms with Gasteiger partial charge in [0.15, 0.2) is 0 Å². The van der Waals surface area contributed by atoms with E-state index in [9.17, 15) is 4.79 Å². The average Bonchev–Trinajstić information content (AvgIpc) is 3.14. The molecule has 0 saturated carbocycles. The number of anilines is 1. The minimum Gasteiger partial charge on any atom is -0.497 e. The van der Waals surface area contributed by atoms with Crippen LogP contribution in [0.4, 0.5) is 10.5 Å². The van der Waals surface area contributed by atoms with Gasteiger partial charge in [0.25, 0.3) is 0 Å². The molecule has 2 amide bonds. The summed E-state index contributed by atoms with van der Waals surface area (Å²) in [5.74, 6) is 1.90. The number of halogens is 1. The van der Waals surface area contributed by atoms with Gasteiger partial charge in [0.05, 0.1) is 14.2 Å². The lowest BCUT2D eigenvalue weighted by molar-refractivity contribution is 0.249. The molecule has 7 nitrogen and oxygen atoms in total. The summed E-state index contributed by atoms with van der Waals surface area (Å²) < 4.78 is 12.6. The quantitative estimate of drug-likeness (QED) is 0.630. The van der Waals surface area contributed by atoms with Crippen molar-refractivity contribution in [2.75, 3.05) is 19.5 Å². The fourth-order valence-corrected chi connectivity index (χ4v) is 3.10. The molecule has 3 aromatic rings. The summed E-state index contributed by atoms with van der Waals surface area (Å²) in [5, 5.41) is 6.37. The Bertz CT molecular complexity index is 997. The maximum absolute atomic E-state index is 12.7. The Morgan fingerprint density at radius 2 is 1.83 bits per heavy atom. The minimum atomic E-state index is -0.528. The molecule has 29 heavy (non-hydrogen) atoms. The summed E-state index contributed by atoms with van der Waals surface area (Å²) in [5.41, 5.74) is 2.31. The first kappa shape index (κ1) is 20.5. The van der Waals surface area contributed by atoms with Crippen molar-refractivity contribution in [2.24, 2.45) is 7.05 Å². The van der Waals surface area contributed by atoms with Crippen molar-refractivity contribution in [1.82, 2.24) is 14.9 Å². The number of benzene rings is 2. The number of hydrogen-bond donors (Lipinski definition) is 2. The van der Waals surface area contributed by atoms with Crippen molar-refractivity contribution in [3.05, 3.63) is 70.8 Å². The molecule has 1 aromatic heterocycles. The SMILES string of the molecule is COc1cc(OC)cc(C(NC(=O)Nc2ccc(C)c(Cl)c2)c2nccn2C)c1. The van der Waals surface area contributed by atoms with Crippen molar-refractivity contribution < 1.29 is 14.3 Å². The third-order valence-electron chi connectivity index (χ3n) is 4.53. The van der Waals surface area contributed by atoms with E-state index in [0.717, 1.165) is 11.1 Å². The lowest BCUT2D eigenvalue weighted by atomic mass is 10.1. The molecule has 0 aliphatic carbocycles. The van der Waals surface area contributed by atoms with E-state index in [1.54, 1.807) is 38.6 Å². The van der Waals surface area contributed by atoms with Crippen LogP contribution in [0.2, 0.25) is 5.02 Å². The van der Waals surface area contributed by atoms with E-state index in [2.05, 4.69) is 15.6 Å². The van der Waals surface area contributed by atoms with E-state index >= 15 is 0 Å². The van der Waals surface area contributed by atoms with Crippen LogP contribution in [0.1, 0.15) is 23.0 Å². The first-order chi connectivity index (χ1) is 13.9.